The molecule has 118 valence electrons. The average molecular weight is 314 g/mol. The van der Waals surface area contributed by atoms with Crippen molar-refractivity contribution in [2.24, 2.45) is 0 Å². The summed E-state index contributed by atoms with van der Waals surface area (Å²) in [7, 11) is 0. The van der Waals surface area contributed by atoms with Crippen molar-refractivity contribution in [1.82, 2.24) is 0 Å². The summed E-state index contributed by atoms with van der Waals surface area (Å²) in [5.41, 5.74) is 2.83. The van der Waals surface area contributed by atoms with Gasteiger partial charge in [-0.1, -0.05) is 66.7 Å². The van der Waals surface area contributed by atoms with E-state index >= 15 is 0 Å². The second-order valence-electron chi connectivity index (χ2n) is 5.38. The molecule has 0 fully saturated rings. The Balaban J connectivity index is 1.78. The van der Waals surface area contributed by atoms with Crippen LogP contribution < -0.4 is 10.1 Å². The van der Waals surface area contributed by atoms with E-state index in [0.717, 1.165) is 22.6 Å². The van der Waals surface area contributed by atoms with Crippen LogP contribution in [0.25, 0.3) is 0 Å². The van der Waals surface area contributed by atoms with E-state index in [1.807, 2.05) is 84.9 Å². The van der Waals surface area contributed by atoms with E-state index in [2.05, 4.69) is 11.4 Å². The lowest BCUT2D eigenvalue weighted by Crippen LogP contribution is -2.10. The highest BCUT2D eigenvalue weighted by Gasteiger charge is 2.15. The van der Waals surface area contributed by atoms with Crippen LogP contribution in [0.3, 0.4) is 0 Å². The molecule has 0 aliphatic carbocycles. The first-order valence-corrected chi connectivity index (χ1v) is 7.83. The van der Waals surface area contributed by atoms with Crippen LogP contribution in [0.15, 0.2) is 84.9 Å². The Bertz CT molecular complexity index is 810. The smallest absolute Gasteiger partial charge is 0.143 e. The molecule has 3 rings (SSSR count). The molecule has 0 aliphatic heterocycles. The van der Waals surface area contributed by atoms with Crippen LogP contribution in [0.4, 0.5) is 5.69 Å². The number of anilines is 1. The Kier molecular flexibility index (Phi) is 5.11. The quantitative estimate of drug-likeness (QED) is 0.700. The molecule has 0 unspecified atom stereocenters. The summed E-state index contributed by atoms with van der Waals surface area (Å²) in [5.74, 6) is 0.719. The Morgan fingerprint density at radius 1 is 0.833 bits per heavy atom. The van der Waals surface area contributed by atoms with Gasteiger partial charge in [-0.05, 0) is 23.8 Å². The summed E-state index contributed by atoms with van der Waals surface area (Å²) >= 11 is 0. The highest BCUT2D eigenvalue weighted by atomic mass is 16.5. The Morgan fingerprint density at radius 2 is 1.46 bits per heavy atom. The summed E-state index contributed by atoms with van der Waals surface area (Å²) in [4.78, 5) is 0. The zero-order valence-electron chi connectivity index (χ0n) is 13.2. The van der Waals surface area contributed by atoms with E-state index in [4.69, 9.17) is 4.74 Å². The zero-order valence-corrected chi connectivity index (χ0v) is 13.2. The van der Waals surface area contributed by atoms with E-state index in [-0.39, 0.29) is 0 Å². The Labute approximate surface area is 142 Å². The summed E-state index contributed by atoms with van der Waals surface area (Å²) in [6.07, 6.45) is 0. The minimum Gasteiger partial charge on any atom is -0.489 e. The molecule has 0 aromatic heterocycles. The number of benzene rings is 3. The second kappa shape index (κ2) is 7.85. The highest BCUT2D eigenvalue weighted by Crippen LogP contribution is 2.28. The summed E-state index contributed by atoms with van der Waals surface area (Å²) in [6.45, 7) is 0.474. The molecule has 0 bridgehead atoms. The van der Waals surface area contributed by atoms with Crippen LogP contribution in [-0.2, 0) is 6.61 Å². The van der Waals surface area contributed by atoms with E-state index in [1.54, 1.807) is 0 Å². The molecule has 0 spiro atoms. The molecule has 3 aromatic rings. The maximum Gasteiger partial charge on any atom is 0.143 e. The fourth-order valence-electron chi connectivity index (χ4n) is 2.47. The average Bonchev–Trinajstić information content (AvgIpc) is 2.66. The molecule has 0 saturated carbocycles. The largest absolute Gasteiger partial charge is 0.489 e. The van der Waals surface area contributed by atoms with Crippen LogP contribution in [0, 0.1) is 11.3 Å². The second-order valence-corrected chi connectivity index (χ2v) is 5.38. The molecule has 3 aromatic carbocycles. The molecule has 0 amide bonds. The molecule has 0 heterocycles. The third kappa shape index (κ3) is 3.93. The first-order valence-electron chi connectivity index (χ1n) is 7.83. The molecule has 0 radical (unpaired) electrons. The first kappa shape index (κ1) is 15.6. The third-order valence-corrected chi connectivity index (χ3v) is 3.68. The summed E-state index contributed by atoms with van der Waals surface area (Å²) in [6, 6.07) is 29.2. The van der Waals surface area contributed by atoms with Crippen molar-refractivity contribution in [1.29, 1.82) is 5.26 Å². The number of hydrogen-bond acceptors (Lipinski definition) is 3. The zero-order chi connectivity index (χ0) is 16.6. The molecule has 0 saturated heterocycles. The van der Waals surface area contributed by atoms with Crippen LogP contribution >= 0.6 is 0 Å². The number of nitriles is 1. The number of nitrogens with one attached hydrogen (secondary N) is 1. The SMILES string of the molecule is N#C[C@@H](Nc1ccccc1)c1ccccc1OCc1ccccc1. The van der Waals surface area contributed by atoms with Crippen molar-refractivity contribution >= 4 is 5.69 Å². The summed E-state index contributed by atoms with van der Waals surface area (Å²) in [5, 5.41) is 12.8. The van der Waals surface area contributed by atoms with Gasteiger partial charge in [0.25, 0.3) is 0 Å². The van der Waals surface area contributed by atoms with Gasteiger partial charge < -0.3 is 10.1 Å². The monoisotopic (exact) mass is 314 g/mol. The van der Waals surface area contributed by atoms with E-state index < -0.39 is 6.04 Å². The lowest BCUT2D eigenvalue weighted by molar-refractivity contribution is 0.302. The van der Waals surface area contributed by atoms with Crippen molar-refractivity contribution in [2.45, 2.75) is 12.6 Å². The van der Waals surface area contributed by atoms with Gasteiger partial charge in [-0.15, -0.1) is 0 Å². The Morgan fingerprint density at radius 3 is 2.17 bits per heavy atom. The van der Waals surface area contributed by atoms with Gasteiger partial charge in [-0.25, -0.2) is 0 Å². The normalized spacial score (nSPS) is 11.3. The Hall–Kier alpha value is -3.25. The van der Waals surface area contributed by atoms with E-state index in [9.17, 15) is 5.26 Å². The van der Waals surface area contributed by atoms with Crippen LogP contribution in [-0.4, -0.2) is 0 Å². The number of hydrogen-bond donors (Lipinski definition) is 1. The topological polar surface area (TPSA) is 45.0 Å². The maximum absolute atomic E-state index is 9.58. The molecule has 0 aliphatic rings. The van der Waals surface area contributed by atoms with Crippen LogP contribution in [0.2, 0.25) is 0 Å². The number of rotatable bonds is 6. The third-order valence-electron chi connectivity index (χ3n) is 3.68. The maximum atomic E-state index is 9.58. The number of nitrogens with zero attached hydrogens (tertiary/aromatic N) is 1. The van der Waals surface area contributed by atoms with Crippen molar-refractivity contribution in [3.63, 3.8) is 0 Å². The fraction of sp³-hybridized carbons (Fsp3) is 0.0952. The van der Waals surface area contributed by atoms with Crippen molar-refractivity contribution in [3.8, 4) is 11.8 Å². The predicted octanol–water partition coefficient (Wildman–Crippen LogP) is 4.94. The van der Waals surface area contributed by atoms with Gasteiger partial charge in [0.15, 0.2) is 0 Å². The van der Waals surface area contributed by atoms with Gasteiger partial charge in [0.05, 0.1) is 6.07 Å². The van der Waals surface area contributed by atoms with Gasteiger partial charge in [0.2, 0.25) is 0 Å². The van der Waals surface area contributed by atoms with E-state index in [1.165, 1.54) is 0 Å². The van der Waals surface area contributed by atoms with Gasteiger partial charge in [0.1, 0.15) is 18.4 Å². The molecule has 24 heavy (non-hydrogen) atoms. The fourth-order valence-corrected chi connectivity index (χ4v) is 2.47. The van der Waals surface area contributed by atoms with Crippen molar-refractivity contribution in [3.05, 3.63) is 96.1 Å². The van der Waals surface area contributed by atoms with Gasteiger partial charge in [-0.2, -0.15) is 5.26 Å². The lowest BCUT2D eigenvalue weighted by atomic mass is 10.1. The van der Waals surface area contributed by atoms with Crippen molar-refractivity contribution in [2.75, 3.05) is 5.32 Å². The summed E-state index contributed by atoms with van der Waals surface area (Å²) < 4.78 is 5.95. The van der Waals surface area contributed by atoms with Crippen molar-refractivity contribution < 1.29 is 4.74 Å². The van der Waals surface area contributed by atoms with E-state index in [0.29, 0.717) is 6.61 Å². The minimum absolute atomic E-state index is 0.473. The van der Waals surface area contributed by atoms with Gasteiger partial charge in [0, 0.05) is 11.3 Å². The molecule has 1 atom stereocenters. The van der Waals surface area contributed by atoms with Crippen LogP contribution in [0.5, 0.6) is 5.75 Å². The lowest BCUT2D eigenvalue weighted by Gasteiger charge is -2.17. The predicted molar refractivity (Wildman–Crippen MR) is 95.6 cm³/mol. The standard InChI is InChI=1S/C21H18N2O/c22-15-20(23-18-11-5-2-6-12-18)19-13-7-8-14-21(19)24-16-17-9-3-1-4-10-17/h1-14,20,23H,16H2/t20-/m1/s1. The molecular weight excluding hydrogens is 296 g/mol. The molecule has 1 N–H and O–H groups in total. The molecule has 3 heteroatoms. The number of ether oxygens (including phenoxy) is 1. The van der Waals surface area contributed by atoms with Crippen LogP contribution in [0.1, 0.15) is 17.2 Å². The van der Waals surface area contributed by atoms with Gasteiger partial charge >= 0.3 is 0 Å². The molecular formula is C21H18N2O. The number of para-hydroxylation sites is 2. The van der Waals surface area contributed by atoms with Gasteiger partial charge in [-0.3, -0.25) is 0 Å². The minimum atomic E-state index is -0.473. The highest BCUT2D eigenvalue weighted by molar-refractivity contribution is 5.50. The first-order chi connectivity index (χ1) is 11.9. The molecule has 3 nitrogen and oxygen atoms in total.